The molecular weight excluding hydrogens is 332 g/mol. The van der Waals surface area contributed by atoms with Gasteiger partial charge >= 0.3 is 0 Å². The third kappa shape index (κ3) is 4.78. The van der Waals surface area contributed by atoms with E-state index >= 15 is 0 Å². The Kier molecular flexibility index (Phi) is 5.59. The van der Waals surface area contributed by atoms with Crippen LogP contribution in [0.3, 0.4) is 0 Å². The molecule has 0 atom stereocenters. The molecule has 1 heterocycles. The topological polar surface area (TPSA) is 43.2 Å². The van der Waals surface area contributed by atoms with Gasteiger partial charge in [-0.25, -0.2) is 0 Å². The van der Waals surface area contributed by atoms with Crippen LogP contribution in [-0.2, 0) is 0 Å². The van der Waals surface area contributed by atoms with E-state index in [2.05, 4.69) is 9.98 Å². The normalized spacial score (nSPS) is 11.3. The van der Waals surface area contributed by atoms with Crippen LogP contribution in [0.25, 0.3) is 0 Å². The number of hydrogen-bond acceptors (Lipinski definition) is 5. The Balaban J connectivity index is 1.64. The van der Waals surface area contributed by atoms with Gasteiger partial charge in [-0.2, -0.15) is 0 Å². The first-order valence-corrected chi connectivity index (χ1v) is 8.54. The molecular formula is C20H18N2O2S. The molecule has 3 aromatic rings. The number of methoxy groups -OCH3 is 2. The standard InChI is InChI=1S/C20H18N2O2S/c1-23-17-7-3-15(4-8-17)21-13-19-11-12-20(25-19)14-22-16-5-9-18(24-2)10-6-16/h3-14H,1-2H3. The average Bonchev–Trinajstić information content (AvgIpc) is 3.13. The Morgan fingerprint density at radius 1 is 0.640 bits per heavy atom. The molecule has 0 aliphatic carbocycles. The Labute approximate surface area is 151 Å². The molecule has 0 saturated heterocycles. The minimum atomic E-state index is 0.826. The largest absolute Gasteiger partial charge is 0.497 e. The summed E-state index contributed by atoms with van der Waals surface area (Å²) in [5.41, 5.74) is 1.78. The molecule has 0 amide bonds. The van der Waals surface area contributed by atoms with E-state index in [-0.39, 0.29) is 0 Å². The van der Waals surface area contributed by atoms with E-state index in [4.69, 9.17) is 9.47 Å². The van der Waals surface area contributed by atoms with Crippen molar-refractivity contribution in [2.24, 2.45) is 9.98 Å². The molecule has 5 heteroatoms. The van der Waals surface area contributed by atoms with Crippen LogP contribution in [0.15, 0.2) is 70.6 Å². The molecule has 0 radical (unpaired) electrons. The molecule has 1 aromatic heterocycles. The zero-order valence-electron chi connectivity index (χ0n) is 14.0. The maximum absolute atomic E-state index is 5.14. The van der Waals surface area contributed by atoms with Crippen LogP contribution in [-0.4, -0.2) is 26.6 Å². The molecule has 126 valence electrons. The predicted molar refractivity (Wildman–Crippen MR) is 105 cm³/mol. The van der Waals surface area contributed by atoms with Gasteiger partial charge in [0.25, 0.3) is 0 Å². The van der Waals surface area contributed by atoms with Crippen molar-refractivity contribution in [1.82, 2.24) is 0 Å². The second-order valence-corrected chi connectivity index (χ2v) is 6.30. The number of rotatable bonds is 6. The van der Waals surface area contributed by atoms with Crippen LogP contribution >= 0.6 is 11.3 Å². The SMILES string of the molecule is COc1ccc(N=Cc2ccc(C=Nc3ccc(OC)cc3)s2)cc1. The van der Waals surface area contributed by atoms with Gasteiger partial charge in [0.05, 0.1) is 25.6 Å². The molecule has 0 aliphatic heterocycles. The molecule has 4 nitrogen and oxygen atoms in total. The Hall–Kier alpha value is -2.92. The van der Waals surface area contributed by atoms with Crippen molar-refractivity contribution in [3.8, 4) is 11.5 Å². The number of benzene rings is 2. The maximum atomic E-state index is 5.14. The van der Waals surface area contributed by atoms with Crippen LogP contribution in [0, 0.1) is 0 Å². The summed E-state index contributed by atoms with van der Waals surface area (Å²) in [6, 6.07) is 19.4. The highest BCUT2D eigenvalue weighted by Gasteiger charge is 1.97. The van der Waals surface area contributed by atoms with Gasteiger partial charge in [0.1, 0.15) is 11.5 Å². The quantitative estimate of drug-likeness (QED) is 0.569. The summed E-state index contributed by atoms with van der Waals surface area (Å²) in [4.78, 5) is 11.1. The van der Waals surface area contributed by atoms with Gasteiger partial charge in [-0.15, -0.1) is 11.3 Å². The fourth-order valence-electron chi connectivity index (χ4n) is 2.12. The smallest absolute Gasteiger partial charge is 0.119 e. The first-order chi connectivity index (χ1) is 12.3. The summed E-state index contributed by atoms with van der Waals surface area (Å²) in [5.74, 6) is 1.65. The number of ether oxygens (including phenoxy) is 2. The summed E-state index contributed by atoms with van der Waals surface area (Å²) in [6.45, 7) is 0. The highest BCUT2D eigenvalue weighted by atomic mass is 32.1. The predicted octanol–water partition coefficient (Wildman–Crippen LogP) is 5.27. The van der Waals surface area contributed by atoms with E-state index in [1.807, 2.05) is 73.1 Å². The average molecular weight is 350 g/mol. The number of nitrogens with zero attached hydrogens (tertiary/aromatic N) is 2. The molecule has 0 bridgehead atoms. The van der Waals surface area contributed by atoms with Gasteiger partial charge in [-0.05, 0) is 60.7 Å². The Bertz CT molecular complexity index is 793. The lowest BCUT2D eigenvalue weighted by Crippen LogP contribution is -1.80. The highest BCUT2D eigenvalue weighted by molar-refractivity contribution is 7.15. The van der Waals surface area contributed by atoms with Crippen molar-refractivity contribution in [3.05, 3.63) is 70.4 Å². The lowest BCUT2D eigenvalue weighted by molar-refractivity contribution is 0.415. The van der Waals surface area contributed by atoms with E-state index in [0.717, 1.165) is 32.6 Å². The third-order valence-corrected chi connectivity index (χ3v) is 4.43. The molecule has 3 rings (SSSR count). The van der Waals surface area contributed by atoms with Crippen molar-refractivity contribution in [2.75, 3.05) is 14.2 Å². The lowest BCUT2D eigenvalue weighted by Gasteiger charge is -1.98. The van der Waals surface area contributed by atoms with Crippen molar-refractivity contribution in [1.29, 1.82) is 0 Å². The van der Waals surface area contributed by atoms with E-state index in [1.165, 1.54) is 0 Å². The number of hydrogen-bond donors (Lipinski definition) is 0. The van der Waals surface area contributed by atoms with Crippen LogP contribution in [0.4, 0.5) is 11.4 Å². The molecule has 0 saturated carbocycles. The highest BCUT2D eigenvalue weighted by Crippen LogP contribution is 2.20. The Morgan fingerprint density at radius 3 is 1.40 bits per heavy atom. The fraction of sp³-hybridized carbons (Fsp3) is 0.100. The molecule has 0 unspecified atom stereocenters. The van der Waals surface area contributed by atoms with Crippen molar-refractivity contribution < 1.29 is 9.47 Å². The van der Waals surface area contributed by atoms with Gasteiger partial charge in [-0.1, -0.05) is 0 Å². The minimum Gasteiger partial charge on any atom is -0.497 e. The maximum Gasteiger partial charge on any atom is 0.119 e. The van der Waals surface area contributed by atoms with Crippen LogP contribution < -0.4 is 9.47 Å². The fourth-order valence-corrected chi connectivity index (χ4v) is 2.88. The third-order valence-electron chi connectivity index (χ3n) is 3.47. The summed E-state index contributed by atoms with van der Waals surface area (Å²) < 4.78 is 10.3. The number of thiophene rings is 1. The van der Waals surface area contributed by atoms with E-state index in [1.54, 1.807) is 25.6 Å². The zero-order chi connectivity index (χ0) is 17.5. The first-order valence-electron chi connectivity index (χ1n) is 7.73. The second-order valence-electron chi connectivity index (χ2n) is 5.15. The molecule has 0 N–H and O–H groups in total. The molecule has 0 spiro atoms. The van der Waals surface area contributed by atoms with E-state index < -0.39 is 0 Å². The summed E-state index contributed by atoms with van der Waals surface area (Å²) in [6.07, 6.45) is 3.72. The van der Waals surface area contributed by atoms with Crippen molar-refractivity contribution in [3.63, 3.8) is 0 Å². The zero-order valence-corrected chi connectivity index (χ0v) is 14.9. The minimum absolute atomic E-state index is 0.826. The number of aliphatic imine (C=N–C) groups is 2. The van der Waals surface area contributed by atoms with Crippen LogP contribution in [0.1, 0.15) is 9.75 Å². The molecule has 2 aromatic carbocycles. The first kappa shape index (κ1) is 16.9. The second kappa shape index (κ2) is 8.26. The van der Waals surface area contributed by atoms with Gasteiger partial charge < -0.3 is 9.47 Å². The van der Waals surface area contributed by atoms with Gasteiger partial charge in [0, 0.05) is 22.2 Å². The summed E-state index contributed by atoms with van der Waals surface area (Å²) in [7, 11) is 3.30. The lowest BCUT2D eigenvalue weighted by atomic mass is 10.3. The molecule has 0 fully saturated rings. The van der Waals surface area contributed by atoms with Gasteiger partial charge in [0.2, 0.25) is 0 Å². The monoisotopic (exact) mass is 350 g/mol. The Morgan fingerprint density at radius 2 is 1.04 bits per heavy atom. The van der Waals surface area contributed by atoms with Crippen LogP contribution in [0.5, 0.6) is 11.5 Å². The summed E-state index contributed by atoms with van der Waals surface area (Å²) in [5, 5.41) is 0. The van der Waals surface area contributed by atoms with Crippen LogP contribution in [0.2, 0.25) is 0 Å². The summed E-state index contributed by atoms with van der Waals surface area (Å²) >= 11 is 1.64. The van der Waals surface area contributed by atoms with Crippen molar-refractivity contribution in [2.45, 2.75) is 0 Å². The van der Waals surface area contributed by atoms with Gasteiger partial charge in [0.15, 0.2) is 0 Å². The van der Waals surface area contributed by atoms with E-state index in [9.17, 15) is 0 Å². The molecule has 25 heavy (non-hydrogen) atoms. The molecule has 0 aliphatic rings. The van der Waals surface area contributed by atoms with E-state index in [0.29, 0.717) is 0 Å². The van der Waals surface area contributed by atoms with Gasteiger partial charge in [-0.3, -0.25) is 9.98 Å². The van der Waals surface area contributed by atoms with Crippen molar-refractivity contribution >= 4 is 35.1 Å².